The molecule has 1 atom stereocenters. The molecular weight excluding hydrogens is 504 g/mol. The predicted octanol–water partition coefficient (Wildman–Crippen LogP) is 6.06. The lowest BCUT2D eigenvalue weighted by molar-refractivity contribution is 0.0982. The lowest BCUT2D eigenvalue weighted by Gasteiger charge is -2.21. The molecule has 0 spiro atoms. The van der Waals surface area contributed by atoms with Crippen molar-refractivity contribution in [3.8, 4) is 17.2 Å². The van der Waals surface area contributed by atoms with Crippen LogP contribution in [0.4, 0.5) is 5.69 Å². The van der Waals surface area contributed by atoms with E-state index < -0.39 is 0 Å². The number of carbonyl (C=O) groups excluding carboxylic acids is 1. The number of aromatic amines is 1. The summed E-state index contributed by atoms with van der Waals surface area (Å²) in [6.07, 6.45) is 2.51. The zero-order chi connectivity index (χ0) is 27.1. The lowest BCUT2D eigenvalue weighted by atomic mass is 10.0. The summed E-state index contributed by atoms with van der Waals surface area (Å²) in [5, 5.41) is 18.3. The van der Waals surface area contributed by atoms with Gasteiger partial charge in [0.05, 0.1) is 6.04 Å². The van der Waals surface area contributed by atoms with E-state index in [1.54, 1.807) is 6.20 Å². The molecule has 2 N–H and O–H groups in total. The summed E-state index contributed by atoms with van der Waals surface area (Å²) in [6, 6.07) is 31.1. The van der Waals surface area contributed by atoms with E-state index >= 15 is 0 Å². The fraction of sp³-hybridized carbons (Fsp3) is 0.129. The van der Waals surface area contributed by atoms with Gasteiger partial charge >= 0.3 is 0 Å². The second-order valence-electron chi connectivity index (χ2n) is 9.28. The van der Waals surface area contributed by atoms with E-state index in [9.17, 15) is 4.79 Å². The topological polar surface area (TPSA) is 119 Å². The molecule has 0 unspecified atom stereocenters. The predicted molar refractivity (Wildman–Crippen MR) is 151 cm³/mol. The van der Waals surface area contributed by atoms with Gasteiger partial charge in [0.1, 0.15) is 18.0 Å². The van der Waals surface area contributed by atoms with Crippen LogP contribution < -0.4 is 10.1 Å². The van der Waals surface area contributed by atoms with Crippen LogP contribution in [0.3, 0.4) is 0 Å². The molecular formula is C31H26N6O3. The number of H-pyrrole nitrogens is 1. The SMILES string of the molecule is O=C(CCc1nn[nH]n1)c1ccc(N[C@H](COc2ccc(-c3cc4ccccc4o3)cn2)c2ccccc2)cc1. The molecule has 0 fully saturated rings. The van der Waals surface area contributed by atoms with Crippen molar-refractivity contribution in [1.82, 2.24) is 25.6 Å². The van der Waals surface area contributed by atoms with Crippen molar-refractivity contribution >= 4 is 22.4 Å². The van der Waals surface area contributed by atoms with E-state index in [-0.39, 0.29) is 11.8 Å². The molecule has 0 aliphatic carbocycles. The summed E-state index contributed by atoms with van der Waals surface area (Å²) in [4.78, 5) is 17.1. The van der Waals surface area contributed by atoms with Crippen LogP contribution in [0.15, 0.2) is 108 Å². The van der Waals surface area contributed by atoms with Crippen LogP contribution in [0.1, 0.15) is 34.2 Å². The minimum atomic E-state index is -0.141. The monoisotopic (exact) mass is 530 g/mol. The number of benzene rings is 3. The number of aryl methyl sites for hydroxylation is 1. The van der Waals surface area contributed by atoms with Crippen molar-refractivity contribution in [3.63, 3.8) is 0 Å². The maximum atomic E-state index is 12.6. The van der Waals surface area contributed by atoms with Crippen LogP contribution in [-0.4, -0.2) is 38.0 Å². The number of nitrogens with zero attached hydrogens (tertiary/aromatic N) is 4. The van der Waals surface area contributed by atoms with Gasteiger partial charge in [0.2, 0.25) is 5.88 Å². The highest BCUT2D eigenvalue weighted by atomic mass is 16.5. The number of hydrogen-bond acceptors (Lipinski definition) is 8. The maximum absolute atomic E-state index is 12.6. The summed E-state index contributed by atoms with van der Waals surface area (Å²) >= 11 is 0. The number of hydrogen-bond donors (Lipinski definition) is 2. The number of pyridine rings is 1. The highest BCUT2D eigenvalue weighted by molar-refractivity contribution is 5.96. The Kier molecular flexibility index (Phi) is 7.25. The largest absolute Gasteiger partial charge is 0.475 e. The van der Waals surface area contributed by atoms with Gasteiger partial charge in [-0.2, -0.15) is 5.21 Å². The number of aromatic nitrogens is 5. The molecule has 3 heterocycles. The number of para-hydroxylation sites is 1. The Balaban J connectivity index is 1.11. The van der Waals surface area contributed by atoms with Crippen molar-refractivity contribution < 1.29 is 13.9 Å². The highest BCUT2D eigenvalue weighted by Crippen LogP contribution is 2.28. The van der Waals surface area contributed by atoms with Crippen LogP contribution in [-0.2, 0) is 6.42 Å². The third kappa shape index (κ3) is 5.88. The normalized spacial score (nSPS) is 11.8. The fourth-order valence-corrected chi connectivity index (χ4v) is 4.42. The molecule has 6 aromatic rings. The standard InChI is InChI=1S/C31H26N6O3/c38-27(15-16-30-34-36-37-35-30)22-10-13-25(14-11-22)33-26(21-6-2-1-3-7-21)20-39-31-17-12-24(19-32-31)29-18-23-8-4-5-9-28(23)40-29/h1-14,17-19,26,33H,15-16,20H2,(H,34,35,36,37)/t26-/m1/s1. The average molecular weight is 531 g/mol. The van der Waals surface area contributed by atoms with Gasteiger partial charge in [-0.05, 0) is 48.0 Å². The minimum Gasteiger partial charge on any atom is -0.475 e. The molecule has 3 aromatic carbocycles. The molecule has 9 heteroatoms. The fourth-order valence-electron chi connectivity index (χ4n) is 4.42. The minimum absolute atomic E-state index is 0.0245. The quantitative estimate of drug-likeness (QED) is 0.194. The first-order valence-electron chi connectivity index (χ1n) is 13.0. The summed E-state index contributed by atoms with van der Waals surface area (Å²) in [5.74, 6) is 1.83. The molecule has 0 saturated heterocycles. The lowest BCUT2D eigenvalue weighted by Crippen LogP contribution is -2.19. The Morgan fingerprint density at radius 3 is 2.52 bits per heavy atom. The summed E-state index contributed by atoms with van der Waals surface area (Å²) < 4.78 is 12.0. The molecule has 9 nitrogen and oxygen atoms in total. The molecule has 3 aromatic heterocycles. The Bertz CT molecular complexity index is 1650. The van der Waals surface area contributed by atoms with Gasteiger partial charge in [-0.3, -0.25) is 4.79 Å². The molecule has 0 aliphatic heterocycles. The van der Waals surface area contributed by atoms with E-state index in [1.165, 1.54) is 0 Å². The second-order valence-corrected chi connectivity index (χ2v) is 9.28. The molecule has 198 valence electrons. The van der Waals surface area contributed by atoms with Crippen molar-refractivity contribution in [3.05, 3.63) is 120 Å². The van der Waals surface area contributed by atoms with E-state index in [2.05, 4.69) is 43.1 Å². The number of nitrogens with one attached hydrogen (secondary N) is 2. The third-order valence-corrected chi connectivity index (χ3v) is 6.56. The van der Waals surface area contributed by atoms with E-state index in [0.29, 0.717) is 36.7 Å². The Hall–Kier alpha value is -5.31. The number of rotatable bonds is 11. The molecule has 0 radical (unpaired) electrons. The van der Waals surface area contributed by atoms with E-state index in [1.807, 2.05) is 84.9 Å². The van der Waals surface area contributed by atoms with Crippen molar-refractivity contribution in [2.45, 2.75) is 18.9 Å². The van der Waals surface area contributed by atoms with Gasteiger partial charge in [-0.25, -0.2) is 4.98 Å². The highest BCUT2D eigenvalue weighted by Gasteiger charge is 2.15. The second kappa shape index (κ2) is 11.6. The van der Waals surface area contributed by atoms with Gasteiger partial charge in [0, 0.05) is 47.3 Å². The van der Waals surface area contributed by atoms with E-state index in [4.69, 9.17) is 9.15 Å². The molecule has 40 heavy (non-hydrogen) atoms. The van der Waals surface area contributed by atoms with Gasteiger partial charge in [0.15, 0.2) is 11.6 Å². The van der Waals surface area contributed by atoms with Crippen LogP contribution >= 0.6 is 0 Å². The first kappa shape index (κ1) is 25.0. The maximum Gasteiger partial charge on any atom is 0.213 e. The van der Waals surface area contributed by atoms with Crippen LogP contribution in [0.25, 0.3) is 22.3 Å². The average Bonchev–Trinajstić information content (AvgIpc) is 3.69. The molecule has 0 saturated carbocycles. The van der Waals surface area contributed by atoms with Gasteiger partial charge in [0.25, 0.3) is 0 Å². The van der Waals surface area contributed by atoms with Gasteiger partial charge in [-0.15, -0.1) is 10.2 Å². The Morgan fingerprint density at radius 2 is 1.77 bits per heavy atom. The van der Waals surface area contributed by atoms with E-state index in [0.717, 1.165) is 33.5 Å². The number of furan rings is 1. The molecule has 0 bridgehead atoms. The number of Topliss-reactive ketones (excluding diaryl/α,β-unsaturated/α-hetero) is 1. The first-order valence-corrected chi connectivity index (χ1v) is 13.0. The zero-order valence-corrected chi connectivity index (χ0v) is 21.5. The number of fused-ring (bicyclic) bond motifs is 1. The number of ketones is 1. The summed E-state index contributed by atoms with van der Waals surface area (Å²) in [5.41, 5.74) is 4.31. The Morgan fingerprint density at radius 1 is 0.950 bits per heavy atom. The van der Waals surface area contributed by atoms with Crippen molar-refractivity contribution in [1.29, 1.82) is 0 Å². The zero-order valence-electron chi connectivity index (χ0n) is 21.5. The summed E-state index contributed by atoms with van der Waals surface area (Å²) in [7, 11) is 0. The number of ether oxygens (including phenoxy) is 1. The van der Waals surface area contributed by atoms with Crippen molar-refractivity contribution in [2.75, 3.05) is 11.9 Å². The van der Waals surface area contributed by atoms with Crippen molar-refractivity contribution in [2.24, 2.45) is 0 Å². The number of tetrazole rings is 1. The molecule has 0 amide bonds. The molecule has 6 rings (SSSR count). The van der Waals surface area contributed by atoms with Gasteiger partial charge in [-0.1, -0.05) is 53.7 Å². The van der Waals surface area contributed by atoms with Crippen LogP contribution in [0, 0.1) is 0 Å². The van der Waals surface area contributed by atoms with Gasteiger partial charge < -0.3 is 14.5 Å². The first-order chi connectivity index (χ1) is 19.7. The van der Waals surface area contributed by atoms with Crippen LogP contribution in [0.2, 0.25) is 0 Å². The Labute approximate surface area is 230 Å². The molecule has 0 aliphatic rings. The smallest absolute Gasteiger partial charge is 0.213 e. The van der Waals surface area contributed by atoms with Crippen LogP contribution in [0.5, 0.6) is 5.88 Å². The number of anilines is 1. The third-order valence-electron chi connectivity index (χ3n) is 6.56. The summed E-state index contributed by atoms with van der Waals surface area (Å²) in [6.45, 7) is 0.354. The number of carbonyl (C=O) groups is 1.